The summed E-state index contributed by atoms with van der Waals surface area (Å²) in [5.74, 6) is 0.753. The maximum Gasteiger partial charge on any atom is 0.305 e. The molecule has 0 spiro atoms. The third-order valence-electron chi connectivity index (χ3n) is 7.50. The van der Waals surface area contributed by atoms with E-state index < -0.39 is 11.5 Å². The van der Waals surface area contributed by atoms with Crippen molar-refractivity contribution < 1.29 is 18.9 Å². The summed E-state index contributed by atoms with van der Waals surface area (Å²) < 4.78 is 20.7. The molecule has 9 heteroatoms. The highest BCUT2D eigenvalue weighted by atomic mass is 32.2. The summed E-state index contributed by atoms with van der Waals surface area (Å²) in [5, 5.41) is 5.36. The second-order valence-electron chi connectivity index (χ2n) is 11.6. The molecule has 0 saturated carbocycles. The van der Waals surface area contributed by atoms with Crippen LogP contribution >= 0.6 is 0 Å². The first kappa shape index (κ1) is 39.8. The van der Waals surface area contributed by atoms with E-state index in [2.05, 4.69) is 16.2 Å². The molecule has 0 saturated heterocycles. The molecule has 0 amide bonds. The van der Waals surface area contributed by atoms with Crippen molar-refractivity contribution >= 4 is 29.6 Å². The van der Waals surface area contributed by atoms with Gasteiger partial charge in [-0.15, -0.1) is 5.14 Å². The summed E-state index contributed by atoms with van der Waals surface area (Å²) in [4.78, 5) is 26.9. The molecule has 0 aromatic carbocycles. The lowest BCUT2D eigenvalue weighted by molar-refractivity contribution is -0.143. The van der Waals surface area contributed by atoms with E-state index >= 15 is 0 Å². The van der Waals surface area contributed by atoms with Gasteiger partial charge < -0.3 is 23.9 Å². The number of carbonyl (C=O) groups excluding carboxylic acids is 2. The van der Waals surface area contributed by atoms with Crippen LogP contribution in [0.3, 0.4) is 0 Å². The summed E-state index contributed by atoms with van der Waals surface area (Å²) in [5.41, 5.74) is 0. The third-order valence-corrected chi connectivity index (χ3v) is 7.89. The highest BCUT2D eigenvalue weighted by molar-refractivity contribution is 7.88. The number of unbranched alkanes of at least 4 members (excludes halogenated alkanes) is 16. The number of aldehydes is 1. The van der Waals surface area contributed by atoms with Crippen LogP contribution in [0.4, 0.5) is 0 Å². The van der Waals surface area contributed by atoms with Crippen LogP contribution in [0.15, 0.2) is 4.40 Å². The lowest BCUT2D eigenvalue weighted by Gasteiger charge is -2.23. The molecule has 0 aliphatic heterocycles. The topological polar surface area (TPSA) is 111 Å². The molecule has 1 unspecified atom stereocenters. The van der Waals surface area contributed by atoms with E-state index in [0.717, 1.165) is 96.0 Å². The number of hydrogen-bond donors (Lipinski definition) is 1. The van der Waals surface area contributed by atoms with Gasteiger partial charge in [0, 0.05) is 33.4 Å². The normalized spacial score (nSPS) is 12.6. The molecule has 8 nitrogen and oxygen atoms in total. The molecule has 0 aromatic heterocycles. The van der Waals surface area contributed by atoms with Crippen LogP contribution in [0.5, 0.6) is 0 Å². The van der Waals surface area contributed by atoms with Gasteiger partial charge in [0.05, 0.1) is 6.61 Å². The quantitative estimate of drug-likeness (QED) is 0.0233. The van der Waals surface area contributed by atoms with E-state index in [1.807, 2.05) is 19.0 Å². The van der Waals surface area contributed by atoms with E-state index in [4.69, 9.17) is 9.88 Å². The zero-order chi connectivity index (χ0) is 30.4. The molecular formula is C32H64N4O4S. The molecule has 0 aromatic rings. The minimum absolute atomic E-state index is 0.0338. The van der Waals surface area contributed by atoms with E-state index in [-0.39, 0.29) is 5.97 Å². The number of nitrogens with zero attached hydrogens (tertiary/aromatic N) is 3. The number of ether oxygens (including phenoxy) is 1. The van der Waals surface area contributed by atoms with Gasteiger partial charge in [-0.3, -0.25) is 4.79 Å². The molecule has 0 heterocycles. The molecular weight excluding hydrogens is 536 g/mol. The SMILES string of the molecule is CCCCCCCCCOC(=O)CCCCCCCN(CCCCCCCC=O)CCCCC(=N[S+](N)[O-])N(C)C. The van der Waals surface area contributed by atoms with Crippen molar-refractivity contribution in [2.75, 3.05) is 40.3 Å². The largest absolute Gasteiger partial charge is 0.572 e. The Morgan fingerprint density at radius 1 is 0.756 bits per heavy atom. The van der Waals surface area contributed by atoms with Crippen molar-refractivity contribution in [1.82, 2.24) is 9.80 Å². The number of nitrogens with two attached hydrogens (primary N) is 1. The predicted octanol–water partition coefficient (Wildman–Crippen LogP) is 7.13. The Kier molecular flexibility index (Phi) is 29.4. The lowest BCUT2D eigenvalue weighted by atomic mass is 10.1. The summed E-state index contributed by atoms with van der Waals surface area (Å²) in [6.07, 6.45) is 25.0. The van der Waals surface area contributed by atoms with Gasteiger partial charge in [-0.25, -0.2) is 0 Å². The fourth-order valence-corrected chi connectivity index (χ4v) is 5.42. The molecule has 0 aliphatic carbocycles. The predicted molar refractivity (Wildman–Crippen MR) is 174 cm³/mol. The third kappa shape index (κ3) is 28.7. The van der Waals surface area contributed by atoms with Crippen molar-refractivity contribution in [3.8, 4) is 0 Å². The summed E-state index contributed by atoms with van der Waals surface area (Å²) in [7, 11) is 3.82. The first-order valence-electron chi connectivity index (χ1n) is 16.6. The number of amidine groups is 1. The van der Waals surface area contributed by atoms with Gasteiger partial charge in [-0.2, -0.15) is 0 Å². The monoisotopic (exact) mass is 600 g/mol. The molecule has 2 N–H and O–H groups in total. The average molecular weight is 601 g/mol. The van der Waals surface area contributed by atoms with Crippen LogP contribution in [-0.2, 0) is 25.9 Å². The first-order valence-corrected chi connectivity index (χ1v) is 17.8. The Balaban J connectivity index is 4.11. The van der Waals surface area contributed by atoms with Crippen molar-refractivity contribution in [1.29, 1.82) is 0 Å². The molecule has 0 bridgehead atoms. The van der Waals surface area contributed by atoms with Crippen molar-refractivity contribution in [2.24, 2.45) is 9.54 Å². The second-order valence-corrected chi connectivity index (χ2v) is 12.3. The van der Waals surface area contributed by atoms with Gasteiger partial charge in [0.2, 0.25) is 0 Å². The molecule has 242 valence electrons. The molecule has 0 fully saturated rings. The van der Waals surface area contributed by atoms with E-state index in [1.54, 1.807) is 0 Å². The maximum atomic E-state index is 12.0. The Bertz CT molecular complexity index is 635. The minimum atomic E-state index is -1.66. The molecule has 41 heavy (non-hydrogen) atoms. The molecule has 1 atom stereocenters. The fourth-order valence-electron chi connectivity index (χ4n) is 4.95. The van der Waals surface area contributed by atoms with Crippen LogP contribution in [0.25, 0.3) is 0 Å². The van der Waals surface area contributed by atoms with Crippen LogP contribution in [0, 0.1) is 0 Å². The zero-order valence-electron chi connectivity index (χ0n) is 26.9. The summed E-state index contributed by atoms with van der Waals surface area (Å²) in [6.45, 7) is 6.09. The number of esters is 1. The number of rotatable bonds is 30. The van der Waals surface area contributed by atoms with E-state index in [0.29, 0.717) is 19.4 Å². The van der Waals surface area contributed by atoms with Crippen LogP contribution < -0.4 is 5.14 Å². The minimum Gasteiger partial charge on any atom is -0.572 e. The fraction of sp³-hybridized carbons (Fsp3) is 0.906. The highest BCUT2D eigenvalue weighted by Crippen LogP contribution is 2.12. The lowest BCUT2D eigenvalue weighted by Crippen LogP contribution is -2.28. The summed E-state index contributed by atoms with van der Waals surface area (Å²) in [6, 6.07) is 0. The first-order chi connectivity index (χ1) is 19.9. The smallest absolute Gasteiger partial charge is 0.305 e. The van der Waals surface area contributed by atoms with Crippen LogP contribution in [0.2, 0.25) is 0 Å². The Hall–Kier alpha value is -1.16. The van der Waals surface area contributed by atoms with Crippen molar-refractivity contribution in [3.63, 3.8) is 0 Å². The Morgan fingerprint density at radius 2 is 1.24 bits per heavy atom. The second kappa shape index (κ2) is 30.3. The van der Waals surface area contributed by atoms with Crippen molar-refractivity contribution in [2.45, 2.75) is 148 Å². The van der Waals surface area contributed by atoms with Gasteiger partial charge in [0.25, 0.3) is 0 Å². The Morgan fingerprint density at radius 3 is 1.80 bits per heavy atom. The maximum absolute atomic E-state index is 12.0. The standard InChI is InChI=1S/C32H64N4O4S/c1-4-5-6-7-10-16-23-30-40-32(38)25-17-12-11-14-20-27-36(26-19-13-8-9-15-22-29-37)28-21-18-24-31(35(2)3)34-41(33)39/h29H,4-28,30,33H2,1-3H3. The highest BCUT2D eigenvalue weighted by Gasteiger charge is 2.10. The summed E-state index contributed by atoms with van der Waals surface area (Å²) >= 11 is -1.66. The zero-order valence-corrected chi connectivity index (χ0v) is 27.7. The van der Waals surface area contributed by atoms with Crippen molar-refractivity contribution in [3.05, 3.63) is 0 Å². The number of hydrogen-bond acceptors (Lipinski definition) is 7. The molecule has 0 aliphatic rings. The van der Waals surface area contributed by atoms with Gasteiger partial charge in [-0.1, -0.05) is 84.0 Å². The van der Waals surface area contributed by atoms with Crippen LogP contribution in [0.1, 0.15) is 148 Å². The molecule has 0 radical (unpaired) electrons. The molecule has 0 rings (SSSR count). The van der Waals surface area contributed by atoms with E-state index in [9.17, 15) is 14.1 Å². The van der Waals surface area contributed by atoms with Gasteiger partial charge >= 0.3 is 5.97 Å². The Labute approximate surface area is 256 Å². The average Bonchev–Trinajstić information content (AvgIpc) is 2.94. The van der Waals surface area contributed by atoms with Crippen LogP contribution in [-0.4, -0.2) is 72.8 Å². The van der Waals surface area contributed by atoms with E-state index in [1.165, 1.54) is 64.2 Å². The number of carbonyl (C=O) groups is 2. The van der Waals surface area contributed by atoms with Gasteiger partial charge in [-0.05, 0) is 69.0 Å². The van der Waals surface area contributed by atoms with Gasteiger partial charge in [0.1, 0.15) is 6.29 Å². The van der Waals surface area contributed by atoms with Gasteiger partial charge in [0.15, 0.2) is 17.4 Å².